The molecule has 0 unspecified atom stereocenters. The molecule has 7 nitrogen and oxygen atoms in total. The molecule has 2 heterocycles. The summed E-state index contributed by atoms with van der Waals surface area (Å²) < 4.78 is 28.4. The van der Waals surface area contributed by atoms with Crippen molar-refractivity contribution in [1.82, 2.24) is 14.2 Å². The Balaban J connectivity index is 1.94. The number of aromatic nitrogens is 1. The van der Waals surface area contributed by atoms with Gasteiger partial charge < -0.3 is 15.0 Å². The van der Waals surface area contributed by atoms with Crippen molar-refractivity contribution in [2.75, 3.05) is 26.2 Å². The lowest BCUT2D eigenvalue weighted by Crippen LogP contribution is -2.34. The number of aromatic carboxylic acids is 1. The fourth-order valence-corrected chi connectivity index (χ4v) is 4.14. The van der Waals surface area contributed by atoms with E-state index in [1.165, 1.54) is 16.6 Å². The van der Waals surface area contributed by atoms with Gasteiger partial charge in [-0.1, -0.05) is 0 Å². The van der Waals surface area contributed by atoms with E-state index in [1.54, 1.807) is 4.57 Å². The second kappa shape index (κ2) is 5.43. The maximum absolute atomic E-state index is 12.7. The first-order valence-corrected chi connectivity index (χ1v) is 8.60. The lowest BCUT2D eigenvalue weighted by Gasteiger charge is -2.18. The van der Waals surface area contributed by atoms with Crippen LogP contribution in [0, 0.1) is 0 Å². The molecular weight excluding hydrogens is 294 g/mol. The van der Waals surface area contributed by atoms with Crippen LogP contribution >= 0.6 is 0 Å². The molecule has 1 aromatic heterocycles. The second-order valence-corrected chi connectivity index (χ2v) is 7.45. The summed E-state index contributed by atoms with van der Waals surface area (Å²) in [5.74, 6) is -1.08. The molecule has 8 heteroatoms. The van der Waals surface area contributed by atoms with Crippen LogP contribution in [0.3, 0.4) is 0 Å². The zero-order chi connectivity index (χ0) is 15.0. The summed E-state index contributed by atoms with van der Waals surface area (Å²) in [6, 6.07) is 1.42. The Kier molecular flexibility index (Phi) is 3.76. The van der Waals surface area contributed by atoms with Gasteiger partial charge in [0.25, 0.3) is 0 Å². The third-order valence-electron chi connectivity index (χ3n) is 3.92. The van der Waals surface area contributed by atoms with Gasteiger partial charge in [0, 0.05) is 31.9 Å². The Morgan fingerprint density at radius 1 is 1.29 bits per heavy atom. The third-order valence-corrected chi connectivity index (χ3v) is 5.78. The average Bonchev–Trinajstić information content (AvgIpc) is 3.22. The maximum atomic E-state index is 12.7. The van der Waals surface area contributed by atoms with Crippen LogP contribution in [-0.4, -0.2) is 54.5 Å². The number of nitrogens with one attached hydrogen (secondary N) is 1. The maximum Gasteiger partial charge on any atom is 0.352 e. The minimum Gasteiger partial charge on any atom is -0.477 e. The molecular formula is C13H19N3O4S. The van der Waals surface area contributed by atoms with Gasteiger partial charge in [-0.05, 0) is 31.9 Å². The lowest BCUT2D eigenvalue weighted by atomic mass is 10.4. The summed E-state index contributed by atoms with van der Waals surface area (Å²) in [5, 5.41) is 12.4. The number of carbonyl (C=O) groups is 1. The first-order valence-electron chi connectivity index (χ1n) is 7.16. The molecule has 1 saturated heterocycles. The Hall–Kier alpha value is -1.38. The van der Waals surface area contributed by atoms with Crippen LogP contribution in [0.15, 0.2) is 17.2 Å². The van der Waals surface area contributed by atoms with Crippen molar-refractivity contribution >= 4 is 16.0 Å². The molecule has 0 bridgehead atoms. The zero-order valence-electron chi connectivity index (χ0n) is 11.7. The number of hydrogen-bond acceptors (Lipinski definition) is 4. The Bertz CT molecular complexity index is 640. The monoisotopic (exact) mass is 313 g/mol. The van der Waals surface area contributed by atoms with E-state index in [0.29, 0.717) is 19.6 Å². The first-order chi connectivity index (χ1) is 10.00. The zero-order valence-corrected chi connectivity index (χ0v) is 12.5. The van der Waals surface area contributed by atoms with Gasteiger partial charge in [-0.2, -0.15) is 4.31 Å². The molecule has 1 aromatic rings. The predicted molar refractivity (Wildman–Crippen MR) is 75.9 cm³/mol. The van der Waals surface area contributed by atoms with Gasteiger partial charge in [0.05, 0.1) is 0 Å². The van der Waals surface area contributed by atoms with Crippen molar-refractivity contribution in [3.05, 3.63) is 18.0 Å². The summed E-state index contributed by atoms with van der Waals surface area (Å²) in [6.45, 7) is 2.30. The highest BCUT2D eigenvalue weighted by molar-refractivity contribution is 7.89. The quantitative estimate of drug-likeness (QED) is 0.845. The highest BCUT2D eigenvalue weighted by Gasteiger charge is 2.32. The van der Waals surface area contributed by atoms with Crippen LogP contribution in [-0.2, 0) is 10.0 Å². The SMILES string of the molecule is O=C(O)c1cc(S(=O)(=O)N2CCCNCC2)cn1C1CC1. The van der Waals surface area contributed by atoms with Gasteiger partial charge in [0.15, 0.2) is 0 Å². The number of hydrogen-bond donors (Lipinski definition) is 2. The molecule has 116 valence electrons. The van der Waals surface area contributed by atoms with Gasteiger partial charge >= 0.3 is 5.97 Å². The van der Waals surface area contributed by atoms with Crippen LogP contribution in [0.2, 0.25) is 0 Å². The highest BCUT2D eigenvalue weighted by atomic mass is 32.2. The molecule has 3 rings (SSSR count). The molecule has 2 fully saturated rings. The third kappa shape index (κ3) is 2.83. The fourth-order valence-electron chi connectivity index (χ4n) is 2.63. The molecule has 0 atom stereocenters. The number of carboxylic acids is 1. The molecule has 1 aliphatic carbocycles. The Labute approximate surface area is 123 Å². The standard InChI is InChI=1S/C13H19N3O4S/c17-13(18)12-8-11(9-16(12)10-2-3-10)21(19,20)15-6-1-4-14-5-7-15/h8-10,14H,1-7H2,(H,17,18). The summed E-state index contributed by atoms with van der Waals surface area (Å²) in [4.78, 5) is 11.4. The minimum atomic E-state index is -3.62. The van der Waals surface area contributed by atoms with Gasteiger partial charge in [-0.3, -0.25) is 0 Å². The smallest absolute Gasteiger partial charge is 0.352 e. The molecule has 0 radical (unpaired) electrons. The molecule has 2 N–H and O–H groups in total. The van der Waals surface area contributed by atoms with E-state index in [0.717, 1.165) is 25.8 Å². The van der Waals surface area contributed by atoms with E-state index in [9.17, 15) is 18.3 Å². The van der Waals surface area contributed by atoms with Crippen LogP contribution in [0.25, 0.3) is 0 Å². The predicted octanol–water partition coefficient (Wildman–Crippen LogP) is 0.505. The van der Waals surface area contributed by atoms with Crippen molar-refractivity contribution in [1.29, 1.82) is 0 Å². The van der Waals surface area contributed by atoms with Gasteiger partial charge in [0.1, 0.15) is 10.6 Å². The van der Waals surface area contributed by atoms with Crippen molar-refractivity contribution in [3.63, 3.8) is 0 Å². The van der Waals surface area contributed by atoms with E-state index in [2.05, 4.69) is 5.32 Å². The van der Waals surface area contributed by atoms with Crippen molar-refractivity contribution < 1.29 is 18.3 Å². The number of sulfonamides is 1. The van der Waals surface area contributed by atoms with Gasteiger partial charge in [-0.15, -0.1) is 0 Å². The van der Waals surface area contributed by atoms with Crippen LogP contribution in [0.4, 0.5) is 0 Å². The lowest BCUT2D eigenvalue weighted by molar-refractivity contribution is 0.0685. The summed E-state index contributed by atoms with van der Waals surface area (Å²) in [7, 11) is -3.62. The average molecular weight is 313 g/mol. The topological polar surface area (TPSA) is 91.6 Å². The molecule has 21 heavy (non-hydrogen) atoms. The number of carboxylic acid groups (broad SMARTS) is 1. The molecule has 2 aliphatic rings. The van der Waals surface area contributed by atoms with Crippen molar-refractivity contribution in [2.24, 2.45) is 0 Å². The molecule has 1 aliphatic heterocycles. The van der Waals surface area contributed by atoms with Gasteiger partial charge in [-0.25, -0.2) is 13.2 Å². The van der Waals surface area contributed by atoms with Gasteiger partial charge in [0.2, 0.25) is 10.0 Å². The molecule has 1 saturated carbocycles. The van der Waals surface area contributed by atoms with Crippen LogP contribution in [0.1, 0.15) is 35.8 Å². The van der Waals surface area contributed by atoms with E-state index in [1.807, 2.05) is 0 Å². The highest BCUT2D eigenvalue weighted by Crippen LogP contribution is 2.37. The molecule has 0 spiro atoms. The minimum absolute atomic E-state index is 0.0593. The largest absolute Gasteiger partial charge is 0.477 e. The van der Waals surface area contributed by atoms with Crippen LogP contribution < -0.4 is 5.32 Å². The molecule has 0 amide bonds. The number of nitrogens with zero attached hydrogens (tertiary/aromatic N) is 2. The normalized spacial score (nSPS) is 21.1. The second-order valence-electron chi connectivity index (χ2n) is 5.51. The fraction of sp³-hybridized carbons (Fsp3) is 0.615. The summed E-state index contributed by atoms with van der Waals surface area (Å²) in [6.07, 6.45) is 4.05. The van der Waals surface area contributed by atoms with E-state index in [4.69, 9.17) is 0 Å². The number of rotatable bonds is 4. The van der Waals surface area contributed by atoms with E-state index >= 15 is 0 Å². The first kappa shape index (κ1) is 14.6. The Morgan fingerprint density at radius 3 is 2.71 bits per heavy atom. The summed E-state index contributed by atoms with van der Waals surface area (Å²) in [5.41, 5.74) is 0.0593. The van der Waals surface area contributed by atoms with Crippen molar-refractivity contribution in [3.8, 4) is 0 Å². The van der Waals surface area contributed by atoms with Crippen molar-refractivity contribution in [2.45, 2.75) is 30.2 Å². The van der Waals surface area contributed by atoms with E-state index in [-0.39, 0.29) is 16.6 Å². The Morgan fingerprint density at radius 2 is 2.05 bits per heavy atom. The summed E-state index contributed by atoms with van der Waals surface area (Å²) >= 11 is 0. The van der Waals surface area contributed by atoms with Crippen LogP contribution in [0.5, 0.6) is 0 Å². The van der Waals surface area contributed by atoms with E-state index < -0.39 is 16.0 Å². The molecule has 0 aromatic carbocycles.